The van der Waals surface area contributed by atoms with E-state index in [0.717, 1.165) is 6.26 Å². The standard InChI is InChI=1S/C20H13ClN4O5S2/c1-32(28,29)20-25-24-19(31-20)23-17(26)13(11-22)10-12-6-8-14(9-7-12)30-18(27)15-4-2-3-5-16(15)21/h2-10H,1H3,(H,23,24,26)/b13-10-. The van der Waals surface area contributed by atoms with Gasteiger partial charge in [-0.3, -0.25) is 10.1 Å². The molecule has 162 valence electrons. The van der Waals surface area contributed by atoms with E-state index in [9.17, 15) is 23.3 Å². The third-order valence-electron chi connectivity index (χ3n) is 3.80. The van der Waals surface area contributed by atoms with Crippen molar-refractivity contribution in [3.63, 3.8) is 0 Å². The largest absolute Gasteiger partial charge is 0.423 e. The number of carbonyl (C=O) groups excluding carboxylic acids is 2. The first-order chi connectivity index (χ1) is 15.2. The Morgan fingerprint density at radius 3 is 2.44 bits per heavy atom. The van der Waals surface area contributed by atoms with Gasteiger partial charge in [-0.2, -0.15) is 5.26 Å². The summed E-state index contributed by atoms with van der Waals surface area (Å²) < 4.78 is 27.9. The van der Waals surface area contributed by atoms with Crippen molar-refractivity contribution in [3.05, 3.63) is 70.3 Å². The van der Waals surface area contributed by atoms with Crippen molar-refractivity contribution in [2.75, 3.05) is 11.6 Å². The zero-order valence-corrected chi connectivity index (χ0v) is 18.7. The lowest BCUT2D eigenvalue weighted by atomic mass is 10.1. The number of amides is 1. The van der Waals surface area contributed by atoms with E-state index in [-0.39, 0.29) is 31.4 Å². The van der Waals surface area contributed by atoms with Crippen molar-refractivity contribution in [3.8, 4) is 11.8 Å². The number of esters is 1. The average molecular weight is 489 g/mol. The second-order valence-electron chi connectivity index (χ2n) is 6.21. The second kappa shape index (κ2) is 9.69. The van der Waals surface area contributed by atoms with Gasteiger partial charge in [0, 0.05) is 6.26 Å². The maximum atomic E-state index is 12.3. The van der Waals surface area contributed by atoms with Crippen LogP contribution in [0.3, 0.4) is 0 Å². The van der Waals surface area contributed by atoms with Crippen molar-refractivity contribution < 1.29 is 22.7 Å². The van der Waals surface area contributed by atoms with Gasteiger partial charge in [0.15, 0.2) is 0 Å². The highest BCUT2D eigenvalue weighted by molar-refractivity contribution is 7.92. The number of anilines is 1. The minimum Gasteiger partial charge on any atom is -0.423 e. The lowest BCUT2D eigenvalue weighted by Gasteiger charge is -2.06. The lowest BCUT2D eigenvalue weighted by molar-refractivity contribution is -0.112. The summed E-state index contributed by atoms with van der Waals surface area (Å²) in [6, 6.07) is 14.3. The molecule has 9 nitrogen and oxygen atoms in total. The SMILES string of the molecule is CS(=O)(=O)c1nnc(NC(=O)/C(C#N)=C\c2ccc(OC(=O)c3ccccc3Cl)cc2)s1. The van der Waals surface area contributed by atoms with Crippen LogP contribution in [-0.2, 0) is 14.6 Å². The van der Waals surface area contributed by atoms with Crippen molar-refractivity contribution >= 4 is 55.9 Å². The Balaban J connectivity index is 1.70. The van der Waals surface area contributed by atoms with Gasteiger partial charge in [-0.25, -0.2) is 13.2 Å². The Labute approximate surface area is 191 Å². The number of rotatable bonds is 6. The first-order valence-electron chi connectivity index (χ1n) is 8.71. The molecule has 12 heteroatoms. The second-order valence-corrected chi connectivity index (χ2v) is 9.78. The molecular weight excluding hydrogens is 476 g/mol. The van der Waals surface area contributed by atoms with Crippen molar-refractivity contribution in [1.29, 1.82) is 5.26 Å². The van der Waals surface area contributed by atoms with Crippen LogP contribution in [0, 0.1) is 11.3 Å². The molecular formula is C20H13ClN4O5S2. The molecule has 2 aromatic carbocycles. The molecule has 1 aromatic heterocycles. The summed E-state index contributed by atoms with van der Waals surface area (Å²) >= 11 is 6.65. The summed E-state index contributed by atoms with van der Waals surface area (Å²) in [5.74, 6) is -1.16. The van der Waals surface area contributed by atoms with Gasteiger partial charge in [-0.1, -0.05) is 47.2 Å². The van der Waals surface area contributed by atoms with Crippen molar-refractivity contribution in [2.45, 2.75) is 4.34 Å². The minimum atomic E-state index is -3.55. The number of hydrogen-bond acceptors (Lipinski definition) is 9. The molecule has 0 aliphatic carbocycles. The van der Waals surface area contributed by atoms with Crippen LogP contribution >= 0.6 is 22.9 Å². The number of nitrogens with one attached hydrogen (secondary N) is 1. The van der Waals surface area contributed by atoms with Gasteiger partial charge in [0.2, 0.25) is 19.3 Å². The Bertz CT molecular complexity index is 1360. The van der Waals surface area contributed by atoms with Crippen LogP contribution in [0.15, 0.2) is 58.4 Å². The van der Waals surface area contributed by atoms with Crippen LogP contribution in [0.2, 0.25) is 5.02 Å². The molecule has 3 rings (SSSR count). The van der Waals surface area contributed by atoms with Crippen LogP contribution in [0.25, 0.3) is 6.08 Å². The predicted molar refractivity (Wildman–Crippen MR) is 118 cm³/mol. The fourth-order valence-corrected chi connectivity index (χ4v) is 4.03. The molecule has 0 spiro atoms. The number of nitriles is 1. The highest BCUT2D eigenvalue weighted by Crippen LogP contribution is 2.22. The third kappa shape index (κ3) is 5.76. The first-order valence-corrected chi connectivity index (χ1v) is 11.8. The fraction of sp³-hybridized carbons (Fsp3) is 0.0500. The molecule has 1 amide bonds. The molecule has 1 heterocycles. The Kier molecular flexibility index (Phi) is 6.99. The van der Waals surface area contributed by atoms with Gasteiger partial charge in [-0.05, 0) is 35.9 Å². The predicted octanol–water partition coefficient (Wildman–Crippen LogP) is 3.36. The fourth-order valence-electron chi connectivity index (χ4n) is 2.31. The molecule has 32 heavy (non-hydrogen) atoms. The third-order valence-corrected chi connectivity index (χ3v) is 6.64. The van der Waals surface area contributed by atoms with E-state index in [2.05, 4.69) is 15.5 Å². The Hall–Kier alpha value is -3.59. The quantitative estimate of drug-likeness (QED) is 0.183. The molecule has 0 saturated carbocycles. The van der Waals surface area contributed by atoms with E-state index in [4.69, 9.17) is 16.3 Å². The van der Waals surface area contributed by atoms with E-state index < -0.39 is 21.7 Å². The smallest absolute Gasteiger partial charge is 0.345 e. The molecule has 0 atom stereocenters. The molecule has 0 aliphatic rings. The molecule has 0 saturated heterocycles. The molecule has 0 fully saturated rings. The number of nitrogens with zero attached hydrogens (tertiary/aromatic N) is 3. The van der Waals surface area contributed by atoms with E-state index in [1.165, 1.54) is 24.3 Å². The average Bonchev–Trinajstić information content (AvgIpc) is 3.22. The van der Waals surface area contributed by atoms with Gasteiger partial charge in [-0.15, -0.1) is 10.2 Å². The van der Waals surface area contributed by atoms with Crippen LogP contribution in [0.4, 0.5) is 5.13 Å². The van der Waals surface area contributed by atoms with E-state index in [1.54, 1.807) is 36.4 Å². The van der Waals surface area contributed by atoms with E-state index in [1.807, 2.05) is 0 Å². The van der Waals surface area contributed by atoms with Crippen LogP contribution < -0.4 is 10.1 Å². The normalized spacial score (nSPS) is 11.5. The summed E-state index contributed by atoms with van der Waals surface area (Å²) in [5, 5.41) is 18.9. The number of benzene rings is 2. The molecule has 0 bridgehead atoms. The van der Waals surface area contributed by atoms with Crippen LogP contribution in [0.5, 0.6) is 5.75 Å². The van der Waals surface area contributed by atoms with Crippen LogP contribution in [-0.4, -0.2) is 36.7 Å². The summed E-state index contributed by atoms with van der Waals surface area (Å²) in [6.07, 6.45) is 2.28. The molecule has 0 aliphatic heterocycles. The summed E-state index contributed by atoms with van der Waals surface area (Å²) in [4.78, 5) is 24.5. The summed E-state index contributed by atoms with van der Waals surface area (Å²) in [5.41, 5.74) is 0.461. The Morgan fingerprint density at radius 1 is 1.16 bits per heavy atom. The molecule has 3 aromatic rings. The number of hydrogen-bond donors (Lipinski definition) is 1. The van der Waals surface area contributed by atoms with E-state index >= 15 is 0 Å². The number of aromatic nitrogens is 2. The zero-order valence-electron chi connectivity index (χ0n) is 16.3. The number of carbonyl (C=O) groups is 2. The molecule has 1 N–H and O–H groups in total. The van der Waals surface area contributed by atoms with E-state index in [0.29, 0.717) is 16.9 Å². The topological polar surface area (TPSA) is 139 Å². The Morgan fingerprint density at radius 2 is 1.84 bits per heavy atom. The minimum absolute atomic E-state index is 0.0570. The number of halogens is 1. The maximum absolute atomic E-state index is 12.3. The van der Waals surface area contributed by atoms with Gasteiger partial charge in [0.1, 0.15) is 17.4 Å². The molecule has 0 unspecified atom stereocenters. The number of ether oxygens (including phenoxy) is 1. The number of sulfone groups is 1. The highest BCUT2D eigenvalue weighted by Gasteiger charge is 2.17. The van der Waals surface area contributed by atoms with Gasteiger partial charge in [0.25, 0.3) is 5.91 Å². The first kappa shape index (κ1) is 23.1. The molecule has 0 radical (unpaired) electrons. The van der Waals surface area contributed by atoms with Crippen molar-refractivity contribution in [2.24, 2.45) is 0 Å². The van der Waals surface area contributed by atoms with Gasteiger partial charge in [0.05, 0.1) is 10.6 Å². The van der Waals surface area contributed by atoms with Crippen molar-refractivity contribution in [1.82, 2.24) is 10.2 Å². The summed E-state index contributed by atoms with van der Waals surface area (Å²) in [6.45, 7) is 0. The van der Waals surface area contributed by atoms with Gasteiger partial charge < -0.3 is 4.74 Å². The van der Waals surface area contributed by atoms with Crippen LogP contribution in [0.1, 0.15) is 15.9 Å². The zero-order chi connectivity index (χ0) is 23.3. The highest BCUT2D eigenvalue weighted by atomic mass is 35.5. The summed E-state index contributed by atoms with van der Waals surface area (Å²) in [7, 11) is -3.55. The lowest BCUT2D eigenvalue weighted by Crippen LogP contribution is -2.13. The monoisotopic (exact) mass is 488 g/mol. The maximum Gasteiger partial charge on any atom is 0.345 e. The van der Waals surface area contributed by atoms with Gasteiger partial charge >= 0.3 is 5.97 Å².